The number of hydrogen-bond acceptors (Lipinski definition) is 8. The predicted octanol–water partition coefficient (Wildman–Crippen LogP) is -0.294. The Labute approximate surface area is 160 Å². The van der Waals surface area contributed by atoms with Crippen molar-refractivity contribution in [3.63, 3.8) is 0 Å². The molecule has 148 valence electrons. The van der Waals surface area contributed by atoms with E-state index in [1.807, 2.05) is 12.1 Å². The highest BCUT2D eigenvalue weighted by Crippen LogP contribution is 2.40. The standard InChI is InChI=1S/C20H20O8/c21-8-13-16(24)17(25)18(26)20(27-13)28-19-12(22)6-5-10-7-9-3-1-2-4-11(9)15(23)14(10)19/h1-6,13,16-18,20-22,24-26H,7-8H2/t13-,16-,17+,18-,20?/m1/s1. The van der Waals surface area contributed by atoms with Crippen molar-refractivity contribution >= 4 is 5.78 Å². The normalized spacial score (nSPS) is 29.1. The average molecular weight is 388 g/mol. The third-order valence-electron chi connectivity index (χ3n) is 5.18. The minimum Gasteiger partial charge on any atom is -0.504 e. The number of phenolic OH excluding ortho intramolecular Hbond substituents is 1. The van der Waals surface area contributed by atoms with Crippen LogP contribution in [0, 0.1) is 0 Å². The number of benzene rings is 2. The minimum absolute atomic E-state index is 0.149. The molecular weight excluding hydrogens is 368 g/mol. The van der Waals surface area contributed by atoms with Crippen LogP contribution in [0.3, 0.4) is 0 Å². The summed E-state index contributed by atoms with van der Waals surface area (Å²) in [4.78, 5) is 13.0. The molecule has 0 spiro atoms. The smallest absolute Gasteiger partial charge is 0.229 e. The number of carbonyl (C=O) groups is 1. The van der Waals surface area contributed by atoms with Crippen LogP contribution in [0.15, 0.2) is 36.4 Å². The van der Waals surface area contributed by atoms with E-state index in [1.165, 1.54) is 6.07 Å². The van der Waals surface area contributed by atoms with Crippen molar-refractivity contribution in [3.05, 3.63) is 58.7 Å². The molecule has 1 saturated heterocycles. The molecule has 0 saturated carbocycles. The van der Waals surface area contributed by atoms with E-state index in [2.05, 4.69) is 0 Å². The van der Waals surface area contributed by atoms with Crippen molar-refractivity contribution in [2.24, 2.45) is 0 Å². The summed E-state index contributed by atoms with van der Waals surface area (Å²) in [6, 6.07) is 10.1. The first-order chi connectivity index (χ1) is 13.4. The number of hydrogen-bond donors (Lipinski definition) is 5. The van der Waals surface area contributed by atoms with Gasteiger partial charge in [0.1, 0.15) is 24.4 Å². The molecule has 0 radical (unpaired) electrons. The summed E-state index contributed by atoms with van der Waals surface area (Å²) in [7, 11) is 0. The maximum Gasteiger partial charge on any atom is 0.229 e. The van der Waals surface area contributed by atoms with Crippen molar-refractivity contribution in [2.75, 3.05) is 6.61 Å². The fraction of sp³-hybridized carbons (Fsp3) is 0.350. The molecule has 2 aromatic rings. The van der Waals surface area contributed by atoms with E-state index in [0.29, 0.717) is 17.5 Å². The van der Waals surface area contributed by atoms with Crippen LogP contribution < -0.4 is 4.74 Å². The number of carbonyl (C=O) groups excluding carboxylic acids is 1. The molecular formula is C20H20O8. The fourth-order valence-corrected chi connectivity index (χ4v) is 3.64. The highest BCUT2D eigenvalue weighted by Gasteiger charge is 2.45. The van der Waals surface area contributed by atoms with Crippen LogP contribution in [-0.2, 0) is 11.2 Å². The Kier molecular flexibility index (Phi) is 4.82. The van der Waals surface area contributed by atoms with Crippen molar-refractivity contribution in [1.82, 2.24) is 0 Å². The number of aliphatic hydroxyl groups excluding tert-OH is 4. The molecule has 8 nitrogen and oxygen atoms in total. The molecule has 1 fully saturated rings. The quantitative estimate of drug-likeness (QED) is 0.413. The van der Waals surface area contributed by atoms with Crippen molar-refractivity contribution in [2.45, 2.75) is 37.1 Å². The largest absolute Gasteiger partial charge is 0.504 e. The first-order valence-electron chi connectivity index (χ1n) is 8.87. The zero-order chi connectivity index (χ0) is 20.0. The lowest BCUT2D eigenvalue weighted by Gasteiger charge is -2.39. The van der Waals surface area contributed by atoms with Gasteiger partial charge < -0.3 is 35.0 Å². The summed E-state index contributed by atoms with van der Waals surface area (Å²) in [5, 5.41) is 49.6. The third kappa shape index (κ3) is 2.95. The summed E-state index contributed by atoms with van der Waals surface area (Å²) >= 11 is 0. The summed E-state index contributed by atoms with van der Waals surface area (Å²) in [6.45, 7) is -0.615. The van der Waals surface area contributed by atoms with Gasteiger partial charge in [-0.1, -0.05) is 30.3 Å². The molecule has 0 bridgehead atoms. The maximum absolute atomic E-state index is 13.0. The van der Waals surface area contributed by atoms with E-state index in [1.54, 1.807) is 18.2 Å². The molecule has 2 aromatic carbocycles. The lowest BCUT2D eigenvalue weighted by atomic mass is 9.84. The second-order valence-corrected chi connectivity index (χ2v) is 6.93. The zero-order valence-corrected chi connectivity index (χ0v) is 14.7. The van der Waals surface area contributed by atoms with Gasteiger partial charge in [-0.05, 0) is 23.6 Å². The van der Waals surface area contributed by atoms with Crippen LogP contribution in [0.25, 0.3) is 0 Å². The molecule has 28 heavy (non-hydrogen) atoms. The first-order valence-corrected chi connectivity index (χ1v) is 8.87. The lowest BCUT2D eigenvalue weighted by molar-refractivity contribution is -0.277. The number of ketones is 1. The van der Waals surface area contributed by atoms with E-state index >= 15 is 0 Å². The molecule has 4 rings (SSSR count). The summed E-state index contributed by atoms with van der Waals surface area (Å²) in [6.07, 6.45) is -7.03. The third-order valence-corrected chi connectivity index (χ3v) is 5.18. The SMILES string of the molecule is O=C1c2ccccc2Cc2ccc(O)c(OC3O[C@H](CO)[C@@H](O)[C@H](O)[C@H]3O)c21. The Bertz CT molecular complexity index is 909. The molecule has 5 atom stereocenters. The van der Waals surface area contributed by atoms with Gasteiger partial charge >= 0.3 is 0 Å². The van der Waals surface area contributed by atoms with Gasteiger partial charge in [0.25, 0.3) is 0 Å². The zero-order valence-electron chi connectivity index (χ0n) is 14.7. The van der Waals surface area contributed by atoms with E-state index in [-0.39, 0.29) is 22.8 Å². The number of aromatic hydroxyl groups is 1. The average Bonchev–Trinajstić information content (AvgIpc) is 2.70. The van der Waals surface area contributed by atoms with Crippen LogP contribution >= 0.6 is 0 Å². The van der Waals surface area contributed by atoms with E-state index in [0.717, 1.165) is 5.56 Å². The van der Waals surface area contributed by atoms with Crippen LogP contribution in [0.2, 0.25) is 0 Å². The van der Waals surface area contributed by atoms with Gasteiger partial charge in [-0.2, -0.15) is 0 Å². The highest BCUT2D eigenvalue weighted by atomic mass is 16.7. The number of aliphatic hydroxyl groups is 4. The number of ether oxygens (including phenoxy) is 2. The Balaban J connectivity index is 1.71. The number of phenols is 1. The number of fused-ring (bicyclic) bond motifs is 2. The van der Waals surface area contributed by atoms with E-state index in [4.69, 9.17) is 9.47 Å². The minimum atomic E-state index is -1.65. The van der Waals surface area contributed by atoms with Gasteiger partial charge in [0, 0.05) is 5.56 Å². The fourth-order valence-electron chi connectivity index (χ4n) is 3.64. The molecule has 1 aliphatic heterocycles. The molecule has 1 unspecified atom stereocenters. The lowest BCUT2D eigenvalue weighted by Crippen LogP contribution is -2.60. The van der Waals surface area contributed by atoms with Crippen molar-refractivity contribution in [1.29, 1.82) is 0 Å². The summed E-state index contributed by atoms with van der Waals surface area (Å²) < 4.78 is 10.9. The van der Waals surface area contributed by atoms with Gasteiger partial charge in [0.15, 0.2) is 17.3 Å². The topological polar surface area (TPSA) is 137 Å². The second-order valence-electron chi connectivity index (χ2n) is 6.93. The van der Waals surface area contributed by atoms with Crippen LogP contribution in [0.1, 0.15) is 27.0 Å². The predicted molar refractivity (Wildman–Crippen MR) is 95.2 cm³/mol. The van der Waals surface area contributed by atoms with Gasteiger partial charge in [0.2, 0.25) is 6.29 Å². The van der Waals surface area contributed by atoms with Crippen LogP contribution in [0.5, 0.6) is 11.5 Å². The van der Waals surface area contributed by atoms with Crippen LogP contribution in [-0.4, -0.2) is 68.6 Å². The van der Waals surface area contributed by atoms with Gasteiger partial charge in [-0.15, -0.1) is 0 Å². The second kappa shape index (κ2) is 7.16. The molecule has 5 N–H and O–H groups in total. The Morgan fingerprint density at radius 3 is 2.50 bits per heavy atom. The monoisotopic (exact) mass is 388 g/mol. The molecule has 2 aliphatic rings. The van der Waals surface area contributed by atoms with Crippen LogP contribution in [0.4, 0.5) is 0 Å². The highest BCUT2D eigenvalue weighted by molar-refractivity contribution is 6.14. The maximum atomic E-state index is 13.0. The molecule has 1 heterocycles. The van der Waals surface area contributed by atoms with Crippen molar-refractivity contribution in [3.8, 4) is 11.5 Å². The first kappa shape index (κ1) is 18.9. The Morgan fingerprint density at radius 1 is 1.00 bits per heavy atom. The van der Waals surface area contributed by atoms with Crippen molar-refractivity contribution < 1.29 is 39.8 Å². The molecule has 1 aliphatic carbocycles. The molecule has 8 heteroatoms. The Morgan fingerprint density at radius 2 is 1.75 bits per heavy atom. The van der Waals surface area contributed by atoms with E-state index < -0.39 is 37.3 Å². The molecule has 0 aromatic heterocycles. The number of rotatable bonds is 3. The van der Waals surface area contributed by atoms with Gasteiger partial charge in [-0.3, -0.25) is 4.79 Å². The van der Waals surface area contributed by atoms with E-state index in [9.17, 15) is 30.3 Å². The summed E-state index contributed by atoms with van der Waals surface area (Å²) in [5.74, 6) is -0.850. The Hall–Kier alpha value is -2.49. The summed E-state index contributed by atoms with van der Waals surface area (Å²) in [5.41, 5.74) is 2.13. The van der Waals surface area contributed by atoms with Gasteiger partial charge in [-0.25, -0.2) is 0 Å². The van der Waals surface area contributed by atoms with Gasteiger partial charge in [0.05, 0.1) is 12.2 Å². The molecule has 0 amide bonds.